The molecule has 134 valence electrons. The number of hydrogen-bond acceptors (Lipinski definition) is 6. The maximum absolute atomic E-state index is 12.4. The second kappa shape index (κ2) is 7.33. The van der Waals surface area contributed by atoms with E-state index in [1.807, 2.05) is 42.5 Å². The van der Waals surface area contributed by atoms with Crippen molar-refractivity contribution in [3.8, 4) is 17.2 Å². The van der Waals surface area contributed by atoms with Crippen LogP contribution >= 0.6 is 11.8 Å². The summed E-state index contributed by atoms with van der Waals surface area (Å²) in [5.74, 6) is 1.05. The van der Waals surface area contributed by atoms with Gasteiger partial charge < -0.3 is 9.15 Å². The molecular weight excluding hydrogens is 348 g/mol. The van der Waals surface area contributed by atoms with Gasteiger partial charge in [-0.05, 0) is 29.2 Å². The summed E-state index contributed by atoms with van der Waals surface area (Å²) < 4.78 is 10.8. The van der Waals surface area contributed by atoms with Crippen LogP contribution in [0.2, 0.25) is 0 Å². The Bertz CT molecular complexity index is 911. The summed E-state index contributed by atoms with van der Waals surface area (Å²) >= 11 is 0.925. The fourth-order valence-electron chi connectivity index (χ4n) is 2.37. The molecule has 3 rings (SSSR count). The van der Waals surface area contributed by atoms with Crippen molar-refractivity contribution in [2.75, 3.05) is 7.11 Å². The molecule has 0 aliphatic heterocycles. The maximum atomic E-state index is 12.4. The van der Waals surface area contributed by atoms with Crippen molar-refractivity contribution >= 4 is 16.9 Å². The van der Waals surface area contributed by atoms with E-state index in [0.29, 0.717) is 17.2 Å². The fourth-order valence-corrected chi connectivity index (χ4v) is 2.98. The lowest BCUT2D eigenvalue weighted by atomic mass is 9.87. The van der Waals surface area contributed by atoms with E-state index in [4.69, 9.17) is 9.15 Å². The van der Waals surface area contributed by atoms with Crippen LogP contribution in [0.1, 0.15) is 36.7 Å². The minimum absolute atomic E-state index is 0.0485. The zero-order chi connectivity index (χ0) is 18.7. The van der Waals surface area contributed by atoms with Gasteiger partial charge in [-0.15, -0.1) is 10.2 Å². The van der Waals surface area contributed by atoms with Gasteiger partial charge in [0.05, 0.1) is 7.11 Å². The predicted molar refractivity (Wildman–Crippen MR) is 102 cm³/mol. The quantitative estimate of drug-likeness (QED) is 0.606. The van der Waals surface area contributed by atoms with Crippen LogP contribution in [0.4, 0.5) is 0 Å². The molecule has 0 fully saturated rings. The average Bonchev–Trinajstić information content (AvgIpc) is 3.09. The molecule has 0 aliphatic rings. The van der Waals surface area contributed by atoms with E-state index in [0.717, 1.165) is 17.3 Å². The Hall–Kier alpha value is -2.60. The van der Waals surface area contributed by atoms with Crippen LogP contribution in [0.15, 0.2) is 58.2 Å². The van der Waals surface area contributed by atoms with Crippen LogP contribution in [0.3, 0.4) is 0 Å². The molecule has 26 heavy (non-hydrogen) atoms. The standard InChI is InChI=1S/C20H20N2O3S/c1-20(2,3)15-10-8-13(9-11-15)18(23)26-19-22-21-17(25-19)14-6-5-7-16(12-14)24-4/h5-12H,1-4H3. The number of rotatable bonds is 4. The first kappa shape index (κ1) is 18.2. The smallest absolute Gasteiger partial charge is 0.284 e. The lowest BCUT2D eigenvalue weighted by Crippen LogP contribution is -2.11. The molecule has 6 heteroatoms. The Labute approximate surface area is 156 Å². The predicted octanol–water partition coefficient (Wildman–Crippen LogP) is 4.98. The highest BCUT2D eigenvalue weighted by Crippen LogP contribution is 2.28. The molecule has 5 nitrogen and oxygen atoms in total. The van der Waals surface area contributed by atoms with Gasteiger partial charge in [0.15, 0.2) is 0 Å². The van der Waals surface area contributed by atoms with Gasteiger partial charge in [0.2, 0.25) is 11.0 Å². The Morgan fingerprint density at radius 2 is 1.81 bits per heavy atom. The van der Waals surface area contributed by atoms with Gasteiger partial charge in [-0.1, -0.05) is 51.1 Å². The third-order valence-electron chi connectivity index (χ3n) is 3.89. The molecule has 2 aromatic carbocycles. The molecule has 0 spiro atoms. The molecule has 0 bridgehead atoms. The van der Waals surface area contributed by atoms with Crippen LogP contribution < -0.4 is 4.74 Å². The number of hydrogen-bond donors (Lipinski definition) is 0. The molecule has 3 aromatic rings. The number of carbonyl (C=O) groups excluding carboxylic acids is 1. The van der Waals surface area contributed by atoms with Gasteiger partial charge in [-0.3, -0.25) is 4.79 Å². The number of methoxy groups -OCH3 is 1. The van der Waals surface area contributed by atoms with Crippen LogP contribution in [0, 0.1) is 0 Å². The fraction of sp³-hybridized carbons (Fsp3) is 0.250. The maximum Gasteiger partial charge on any atom is 0.284 e. The molecule has 0 saturated carbocycles. The first-order valence-corrected chi connectivity index (χ1v) is 8.99. The number of ether oxygens (including phenoxy) is 1. The van der Waals surface area contributed by atoms with Gasteiger partial charge in [0, 0.05) is 22.9 Å². The molecule has 1 heterocycles. The summed E-state index contributed by atoms with van der Waals surface area (Å²) in [4.78, 5) is 12.4. The van der Waals surface area contributed by atoms with E-state index in [9.17, 15) is 4.79 Å². The first-order valence-electron chi connectivity index (χ1n) is 8.17. The van der Waals surface area contributed by atoms with Gasteiger partial charge in [-0.25, -0.2) is 0 Å². The summed E-state index contributed by atoms with van der Waals surface area (Å²) in [7, 11) is 1.60. The van der Waals surface area contributed by atoms with E-state index in [2.05, 4.69) is 31.0 Å². The van der Waals surface area contributed by atoms with Gasteiger partial charge >= 0.3 is 0 Å². The van der Waals surface area contributed by atoms with E-state index >= 15 is 0 Å². The zero-order valence-corrected chi connectivity index (χ0v) is 16.0. The van der Waals surface area contributed by atoms with Gasteiger partial charge in [0.1, 0.15) is 5.75 Å². The molecule has 0 N–H and O–H groups in total. The minimum atomic E-state index is -0.133. The molecule has 0 aliphatic carbocycles. The average molecular weight is 368 g/mol. The zero-order valence-electron chi connectivity index (χ0n) is 15.1. The van der Waals surface area contributed by atoms with Crippen molar-refractivity contribution in [2.45, 2.75) is 31.4 Å². The van der Waals surface area contributed by atoms with E-state index in [1.54, 1.807) is 13.2 Å². The van der Waals surface area contributed by atoms with Crippen molar-refractivity contribution < 1.29 is 13.9 Å². The summed E-state index contributed by atoms with van der Waals surface area (Å²) in [5.41, 5.74) is 2.57. The van der Waals surface area contributed by atoms with Crippen molar-refractivity contribution in [1.82, 2.24) is 10.2 Å². The Morgan fingerprint density at radius 1 is 1.08 bits per heavy atom. The second-order valence-corrected chi connectivity index (χ2v) is 7.75. The summed E-state index contributed by atoms with van der Waals surface area (Å²) in [5, 5.41) is 8.05. The highest BCUT2D eigenvalue weighted by atomic mass is 32.2. The molecular formula is C20H20N2O3S. The van der Waals surface area contributed by atoms with Crippen LogP contribution in [0.25, 0.3) is 11.5 Å². The van der Waals surface area contributed by atoms with Crippen LogP contribution in [-0.2, 0) is 5.41 Å². The van der Waals surface area contributed by atoms with E-state index in [1.165, 1.54) is 5.56 Å². The molecule has 1 aromatic heterocycles. The highest BCUT2D eigenvalue weighted by Gasteiger charge is 2.17. The highest BCUT2D eigenvalue weighted by molar-refractivity contribution is 8.14. The van der Waals surface area contributed by atoms with Crippen molar-refractivity contribution in [1.29, 1.82) is 0 Å². The third-order valence-corrected chi connectivity index (χ3v) is 4.65. The van der Waals surface area contributed by atoms with Crippen molar-refractivity contribution in [3.05, 3.63) is 59.7 Å². The van der Waals surface area contributed by atoms with Crippen LogP contribution in [-0.4, -0.2) is 22.4 Å². The Morgan fingerprint density at radius 3 is 2.46 bits per heavy atom. The molecule has 0 amide bonds. The molecule has 0 saturated heterocycles. The van der Waals surface area contributed by atoms with E-state index < -0.39 is 0 Å². The summed E-state index contributed by atoms with van der Waals surface area (Å²) in [6.45, 7) is 6.41. The first-order chi connectivity index (χ1) is 12.4. The normalized spacial score (nSPS) is 11.4. The molecule has 0 unspecified atom stereocenters. The number of carbonyl (C=O) groups is 1. The van der Waals surface area contributed by atoms with Crippen molar-refractivity contribution in [3.63, 3.8) is 0 Å². The topological polar surface area (TPSA) is 65.2 Å². The monoisotopic (exact) mass is 368 g/mol. The molecule has 0 radical (unpaired) electrons. The molecule has 0 atom stereocenters. The largest absolute Gasteiger partial charge is 0.497 e. The third kappa shape index (κ3) is 4.14. The number of nitrogens with zero attached hydrogens (tertiary/aromatic N) is 2. The SMILES string of the molecule is COc1cccc(-c2nnc(SC(=O)c3ccc(C(C)(C)C)cc3)o2)c1. The van der Waals surface area contributed by atoms with Gasteiger partial charge in [0.25, 0.3) is 5.22 Å². The minimum Gasteiger partial charge on any atom is -0.497 e. The summed E-state index contributed by atoms with van der Waals surface area (Å²) in [6, 6.07) is 14.9. The Balaban J connectivity index is 1.73. The van der Waals surface area contributed by atoms with Gasteiger partial charge in [-0.2, -0.15) is 0 Å². The Kier molecular flexibility index (Phi) is 5.13. The lowest BCUT2D eigenvalue weighted by molar-refractivity contribution is 0.108. The van der Waals surface area contributed by atoms with E-state index in [-0.39, 0.29) is 15.8 Å². The van der Waals surface area contributed by atoms with Crippen LogP contribution in [0.5, 0.6) is 5.75 Å². The lowest BCUT2D eigenvalue weighted by Gasteiger charge is -2.18. The summed E-state index contributed by atoms with van der Waals surface area (Å²) in [6.07, 6.45) is 0. The number of benzene rings is 2. The second-order valence-electron chi connectivity index (χ2n) is 6.82. The number of thioether (sulfide) groups is 1. The van der Waals surface area contributed by atoms with Crippen molar-refractivity contribution in [2.24, 2.45) is 0 Å². The number of aromatic nitrogens is 2.